The second kappa shape index (κ2) is 7.81. The van der Waals surface area contributed by atoms with Crippen molar-refractivity contribution in [2.24, 2.45) is 0 Å². The van der Waals surface area contributed by atoms with Gasteiger partial charge in [-0.3, -0.25) is 0 Å². The molecule has 23 heavy (non-hydrogen) atoms. The predicted octanol–water partition coefficient (Wildman–Crippen LogP) is 3.85. The number of aliphatic carboxylic acids is 1. The van der Waals surface area contributed by atoms with E-state index in [9.17, 15) is 14.7 Å². The first-order chi connectivity index (χ1) is 10.6. The lowest BCUT2D eigenvalue weighted by Crippen LogP contribution is -2.43. The molecule has 0 radical (unpaired) electrons. The summed E-state index contributed by atoms with van der Waals surface area (Å²) in [4.78, 5) is 23.2. The summed E-state index contributed by atoms with van der Waals surface area (Å²) in [5, 5.41) is 11.7. The molecule has 0 aromatic heterocycles. The van der Waals surface area contributed by atoms with Crippen LogP contribution < -0.4 is 5.32 Å². The second-order valence-corrected chi connectivity index (χ2v) is 6.51. The highest BCUT2D eigenvalue weighted by Crippen LogP contribution is 2.21. The third-order valence-electron chi connectivity index (χ3n) is 3.35. The molecule has 0 spiro atoms. The van der Waals surface area contributed by atoms with E-state index in [2.05, 4.69) is 5.32 Å². The molecule has 1 amide bonds. The highest BCUT2D eigenvalue weighted by molar-refractivity contribution is 5.81. The lowest BCUT2D eigenvalue weighted by molar-refractivity contribution is -0.139. The van der Waals surface area contributed by atoms with E-state index < -0.39 is 23.7 Å². The van der Waals surface area contributed by atoms with Crippen LogP contribution in [-0.4, -0.2) is 28.8 Å². The fraction of sp³-hybridized carbons (Fsp3) is 0.444. The number of hydrogen-bond acceptors (Lipinski definition) is 3. The fourth-order valence-corrected chi connectivity index (χ4v) is 2.04. The van der Waals surface area contributed by atoms with Crippen LogP contribution in [0.1, 0.15) is 46.6 Å². The zero-order valence-electron chi connectivity index (χ0n) is 14.3. The highest BCUT2D eigenvalue weighted by atomic mass is 16.6. The molecule has 0 aliphatic rings. The molecular formula is C18H25NO4. The van der Waals surface area contributed by atoms with Gasteiger partial charge in [0.2, 0.25) is 0 Å². The molecular weight excluding hydrogens is 294 g/mol. The number of carboxylic acids is 1. The third-order valence-corrected chi connectivity index (χ3v) is 3.35. The van der Waals surface area contributed by atoms with Crippen molar-refractivity contribution >= 4 is 17.6 Å². The van der Waals surface area contributed by atoms with Crippen molar-refractivity contribution < 1.29 is 19.4 Å². The summed E-state index contributed by atoms with van der Waals surface area (Å²) in [6, 6.07) is 8.70. The summed E-state index contributed by atoms with van der Waals surface area (Å²) >= 11 is 0. The summed E-state index contributed by atoms with van der Waals surface area (Å²) in [6.45, 7) is 9.00. The first-order valence-electron chi connectivity index (χ1n) is 7.54. The number of rotatable bonds is 5. The van der Waals surface area contributed by atoms with Gasteiger partial charge >= 0.3 is 12.1 Å². The van der Waals surface area contributed by atoms with Crippen molar-refractivity contribution in [3.05, 3.63) is 41.5 Å². The number of ether oxygens (including phenoxy) is 1. The summed E-state index contributed by atoms with van der Waals surface area (Å²) in [5.74, 6) is -1.09. The van der Waals surface area contributed by atoms with Gasteiger partial charge in [0.1, 0.15) is 11.6 Å². The average Bonchev–Trinajstić information content (AvgIpc) is 2.44. The number of allylic oxidation sites excluding steroid dienone is 1. The second-order valence-electron chi connectivity index (χ2n) is 6.51. The molecule has 0 heterocycles. The maximum absolute atomic E-state index is 11.8. The number of benzene rings is 1. The van der Waals surface area contributed by atoms with Crippen molar-refractivity contribution in [1.29, 1.82) is 0 Å². The molecule has 0 aliphatic carbocycles. The first kappa shape index (κ1) is 18.7. The molecule has 1 rings (SSSR count). The van der Waals surface area contributed by atoms with E-state index in [1.54, 1.807) is 20.8 Å². The van der Waals surface area contributed by atoms with E-state index in [4.69, 9.17) is 4.74 Å². The molecule has 0 saturated heterocycles. The van der Waals surface area contributed by atoms with Crippen LogP contribution in [0.4, 0.5) is 4.79 Å². The summed E-state index contributed by atoms with van der Waals surface area (Å²) in [6.07, 6.45) is -0.509. The Labute approximate surface area is 137 Å². The van der Waals surface area contributed by atoms with Gasteiger partial charge in [0.15, 0.2) is 0 Å². The van der Waals surface area contributed by atoms with Gasteiger partial charge in [-0.1, -0.05) is 35.9 Å². The van der Waals surface area contributed by atoms with Crippen molar-refractivity contribution in [2.75, 3.05) is 0 Å². The lowest BCUT2D eigenvalue weighted by Gasteiger charge is -2.22. The van der Waals surface area contributed by atoms with Gasteiger partial charge in [-0.05, 0) is 52.2 Å². The smallest absolute Gasteiger partial charge is 0.408 e. The fourth-order valence-electron chi connectivity index (χ4n) is 2.04. The van der Waals surface area contributed by atoms with E-state index in [0.29, 0.717) is 0 Å². The zero-order valence-corrected chi connectivity index (χ0v) is 14.3. The van der Waals surface area contributed by atoms with Crippen LogP contribution in [0.3, 0.4) is 0 Å². The molecule has 1 aromatic carbocycles. The molecule has 0 aliphatic heterocycles. The van der Waals surface area contributed by atoms with Gasteiger partial charge in [0.05, 0.1) is 0 Å². The maximum atomic E-state index is 11.8. The predicted molar refractivity (Wildman–Crippen MR) is 90.1 cm³/mol. The minimum atomic E-state index is -1.09. The van der Waals surface area contributed by atoms with Gasteiger partial charge in [-0.15, -0.1) is 0 Å². The van der Waals surface area contributed by atoms with Crippen LogP contribution in [0.25, 0.3) is 5.57 Å². The Bertz CT molecular complexity index is 585. The van der Waals surface area contributed by atoms with Gasteiger partial charge in [-0.25, -0.2) is 9.59 Å². The highest BCUT2D eigenvalue weighted by Gasteiger charge is 2.24. The largest absolute Gasteiger partial charge is 0.480 e. The molecule has 5 nitrogen and oxygen atoms in total. The van der Waals surface area contributed by atoms with Crippen LogP contribution in [0, 0.1) is 0 Å². The molecule has 0 saturated carbocycles. The molecule has 1 aromatic rings. The number of carbonyl (C=O) groups is 2. The number of amides is 1. The van der Waals surface area contributed by atoms with Gasteiger partial charge in [0.25, 0.3) is 0 Å². The minimum Gasteiger partial charge on any atom is -0.480 e. The molecule has 2 N–H and O–H groups in total. The Balaban J connectivity index is 2.84. The number of nitrogens with one attached hydrogen (secondary N) is 1. The SMILES string of the molecule is C/C(C[C@H](NC(=O)OC(C)(C)C)C(=O)O)=C(\C)c1ccccc1. The monoisotopic (exact) mass is 319 g/mol. The Hall–Kier alpha value is -2.30. The molecule has 0 unspecified atom stereocenters. The summed E-state index contributed by atoms with van der Waals surface area (Å²) in [5.41, 5.74) is 2.27. The molecule has 126 valence electrons. The van der Waals surface area contributed by atoms with Gasteiger partial charge in [0, 0.05) is 0 Å². The third kappa shape index (κ3) is 6.55. The van der Waals surface area contributed by atoms with E-state index in [1.165, 1.54) is 0 Å². The Kier molecular flexibility index (Phi) is 6.37. The number of hydrogen-bond donors (Lipinski definition) is 2. The zero-order chi connectivity index (χ0) is 17.6. The Morgan fingerprint density at radius 1 is 1.17 bits per heavy atom. The summed E-state index contributed by atoms with van der Waals surface area (Å²) in [7, 11) is 0. The van der Waals surface area contributed by atoms with Gasteiger partial charge in [-0.2, -0.15) is 0 Å². The Morgan fingerprint density at radius 3 is 2.22 bits per heavy atom. The van der Waals surface area contributed by atoms with Crippen LogP contribution in [0.15, 0.2) is 35.9 Å². The minimum absolute atomic E-state index is 0.218. The van der Waals surface area contributed by atoms with E-state index in [-0.39, 0.29) is 6.42 Å². The summed E-state index contributed by atoms with van der Waals surface area (Å²) < 4.78 is 5.12. The first-order valence-corrected chi connectivity index (χ1v) is 7.54. The average molecular weight is 319 g/mol. The van der Waals surface area contributed by atoms with Gasteiger partial charge < -0.3 is 15.2 Å². The van der Waals surface area contributed by atoms with Crippen LogP contribution in [0.2, 0.25) is 0 Å². The quantitative estimate of drug-likeness (QED) is 0.864. The van der Waals surface area contributed by atoms with Crippen LogP contribution >= 0.6 is 0 Å². The standard InChI is InChI=1S/C18H25NO4/c1-12(13(2)14-9-7-6-8-10-14)11-15(16(20)21)19-17(22)23-18(3,4)5/h6-10,15H,11H2,1-5H3,(H,19,22)(H,20,21)/b13-12-/t15-/m0/s1. The normalized spacial score (nSPS) is 13.8. The number of alkyl carbamates (subject to hydrolysis) is 1. The van der Waals surface area contributed by atoms with Crippen LogP contribution in [-0.2, 0) is 9.53 Å². The van der Waals surface area contributed by atoms with Crippen molar-refractivity contribution in [3.8, 4) is 0 Å². The molecule has 0 bridgehead atoms. The van der Waals surface area contributed by atoms with Crippen molar-refractivity contribution in [2.45, 2.75) is 52.7 Å². The van der Waals surface area contributed by atoms with E-state index >= 15 is 0 Å². The molecule has 0 fully saturated rings. The van der Waals surface area contributed by atoms with E-state index in [0.717, 1.165) is 16.7 Å². The lowest BCUT2D eigenvalue weighted by atomic mass is 9.97. The van der Waals surface area contributed by atoms with Crippen molar-refractivity contribution in [1.82, 2.24) is 5.32 Å². The topological polar surface area (TPSA) is 75.6 Å². The molecule has 5 heteroatoms. The number of carbonyl (C=O) groups excluding carboxylic acids is 1. The molecule has 1 atom stereocenters. The maximum Gasteiger partial charge on any atom is 0.408 e. The Morgan fingerprint density at radius 2 is 1.74 bits per heavy atom. The number of carboxylic acid groups (broad SMARTS) is 1. The van der Waals surface area contributed by atoms with Crippen molar-refractivity contribution in [3.63, 3.8) is 0 Å². The van der Waals surface area contributed by atoms with E-state index in [1.807, 2.05) is 44.2 Å². The van der Waals surface area contributed by atoms with Crippen LogP contribution in [0.5, 0.6) is 0 Å².